The molecule has 3 aliphatic rings. The Morgan fingerprint density at radius 1 is 1.15 bits per heavy atom. The normalized spacial score (nSPS) is 24.8. The topological polar surface area (TPSA) is 106 Å². The van der Waals surface area contributed by atoms with Crippen LogP contribution in [0, 0.1) is 6.92 Å². The fourth-order valence-corrected chi connectivity index (χ4v) is 5.33. The van der Waals surface area contributed by atoms with Crippen LogP contribution in [0.3, 0.4) is 0 Å². The van der Waals surface area contributed by atoms with Gasteiger partial charge in [-0.15, -0.1) is 0 Å². The zero-order valence-electron chi connectivity index (χ0n) is 18.8. The van der Waals surface area contributed by atoms with E-state index in [1.165, 1.54) is 11.8 Å². The van der Waals surface area contributed by atoms with Gasteiger partial charge in [-0.3, -0.25) is 29.1 Å². The van der Waals surface area contributed by atoms with E-state index in [-0.39, 0.29) is 24.3 Å². The molecular formula is C24H28N4O5. The van der Waals surface area contributed by atoms with Crippen LogP contribution in [0.25, 0.3) is 0 Å². The van der Waals surface area contributed by atoms with E-state index in [9.17, 15) is 19.5 Å². The van der Waals surface area contributed by atoms with Crippen LogP contribution in [-0.4, -0.2) is 74.8 Å². The van der Waals surface area contributed by atoms with E-state index in [2.05, 4.69) is 10.2 Å². The highest BCUT2D eigenvalue weighted by Gasteiger charge is 2.64. The minimum Gasteiger partial charge on any atom is -0.464 e. The molecule has 2 unspecified atom stereocenters. The van der Waals surface area contributed by atoms with Gasteiger partial charge in [0.2, 0.25) is 11.8 Å². The van der Waals surface area contributed by atoms with Crippen LogP contribution in [0.5, 0.6) is 0 Å². The number of rotatable bonds is 5. The number of aliphatic hydroxyl groups is 1. The van der Waals surface area contributed by atoms with Gasteiger partial charge >= 0.3 is 0 Å². The molecule has 1 aromatic heterocycles. The Morgan fingerprint density at radius 2 is 1.88 bits per heavy atom. The van der Waals surface area contributed by atoms with Gasteiger partial charge in [0.1, 0.15) is 17.1 Å². The van der Waals surface area contributed by atoms with Crippen LogP contribution in [0.1, 0.15) is 30.4 Å². The Bertz CT molecular complexity index is 1090. The molecule has 2 atom stereocenters. The first-order valence-corrected chi connectivity index (χ1v) is 11.2. The van der Waals surface area contributed by atoms with Gasteiger partial charge in [0.15, 0.2) is 0 Å². The summed E-state index contributed by atoms with van der Waals surface area (Å²) in [5, 5.41) is 13.1. The third-order valence-corrected chi connectivity index (χ3v) is 6.78. The second-order valence-corrected chi connectivity index (χ2v) is 9.35. The zero-order chi connectivity index (χ0) is 23.3. The summed E-state index contributed by atoms with van der Waals surface area (Å²) in [6, 6.07) is 10.7. The number of nitrogens with one attached hydrogen (secondary N) is 1. The number of likely N-dealkylation sites (tertiary alicyclic amines) is 1. The Hall–Kier alpha value is -3.01. The lowest BCUT2D eigenvalue weighted by Gasteiger charge is -2.58. The minimum atomic E-state index is -0.812. The van der Waals surface area contributed by atoms with Crippen molar-refractivity contribution in [3.05, 3.63) is 53.5 Å². The number of carbonyl (C=O) groups excluding carboxylic acids is 3. The zero-order valence-corrected chi connectivity index (χ0v) is 18.8. The number of piperazine rings is 1. The van der Waals surface area contributed by atoms with Crippen molar-refractivity contribution >= 4 is 23.4 Å². The third kappa shape index (κ3) is 3.86. The van der Waals surface area contributed by atoms with Crippen LogP contribution in [0.4, 0.5) is 5.69 Å². The standard InChI is InChI=1S/C24H28N4O5/c1-15-3-8-20(33-15)12-27-22(31)21-9-19(30)11-28(21)24(23(27)32)13-26(14-24)10-17-4-6-18(7-5-17)25-16(2)29/h3-8,19,21,30H,9-14H2,1-2H3,(H,25,29). The van der Waals surface area contributed by atoms with E-state index in [1.54, 1.807) is 6.07 Å². The third-order valence-electron chi connectivity index (χ3n) is 6.78. The van der Waals surface area contributed by atoms with E-state index < -0.39 is 17.7 Å². The van der Waals surface area contributed by atoms with Gasteiger partial charge < -0.3 is 14.8 Å². The number of furan rings is 1. The second kappa shape index (κ2) is 8.09. The maximum Gasteiger partial charge on any atom is 0.252 e. The molecule has 5 rings (SSSR count). The highest BCUT2D eigenvalue weighted by atomic mass is 16.3. The first-order chi connectivity index (χ1) is 15.7. The molecule has 3 aliphatic heterocycles. The van der Waals surface area contributed by atoms with Gasteiger partial charge in [-0.1, -0.05) is 12.1 Å². The smallest absolute Gasteiger partial charge is 0.252 e. The van der Waals surface area contributed by atoms with Crippen molar-refractivity contribution in [2.45, 2.75) is 51.0 Å². The molecule has 0 bridgehead atoms. The number of benzene rings is 1. The average molecular weight is 453 g/mol. The molecule has 0 saturated carbocycles. The molecule has 4 heterocycles. The molecule has 3 fully saturated rings. The van der Waals surface area contributed by atoms with E-state index >= 15 is 0 Å². The minimum absolute atomic E-state index is 0.109. The van der Waals surface area contributed by atoms with E-state index in [0.717, 1.165) is 17.0 Å². The second-order valence-electron chi connectivity index (χ2n) is 9.35. The number of hydrogen-bond donors (Lipinski definition) is 2. The van der Waals surface area contributed by atoms with Crippen LogP contribution in [-0.2, 0) is 27.5 Å². The van der Waals surface area contributed by atoms with Crippen molar-refractivity contribution in [3.8, 4) is 0 Å². The summed E-state index contributed by atoms with van der Waals surface area (Å²) in [6.07, 6.45) is -0.281. The number of fused-ring (bicyclic) bond motifs is 2. The first-order valence-electron chi connectivity index (χ1n) is 11.2. The maximum atomic E-state index is 13.6. The van der Waals surface area contributed by atoms with Crippen molar-refractivity contribution in [3.63, 3.8) is 0 Å². The Labute approximate surface area is 191 Å². The van der Waals surface area contributed by atoms with Crippen LogP contribution < -0.4 is 5.32 Å². The molecule has 9 heteroatoms. The fraction of sp³-hybridized carbons (Fsp3) is 0.458. The summed E-state index contributed by atoms with van der Waals surface area (Å²) in [7, 11) is 0. The molecule has 174 valence electrons. The van der Waals surface area contributed by atoms with Crippen molar-refractivity contribution in [1.82, 2.24) is 14.7 Å². The van der Waals surface area contributed by atoms with Crippen LogP contribution in [0.15, 0.2) is 40.8 Å². The molecule has 0 radical (unpaired) electrons. The molecule has 3 amide bonds. The lowest BCUT2D eigenvalue weighted by atomic mass is 9.82. The van der Waals surface area contributed by atoms with Gasteiger partial charge in [-0.2, -0.15) is 0 Å². The predicted molar refractivity (Wildman–Crippen MR) is 119 cm³/mol. The quantitative estimate of drug-likeness (QED) is 0.655. The molecule has 3 saturated heterocycles. The molecule has 33 heavy (non-hydrogen) atoms. The number of carbonyl (C=O) groups is 3. The van der Waals surface area contributed by atoms with Gasteiger partial charge in [0.25, 0.3) is 5.91 Å². The Kier molecular flexibility index (Phi) is 5.35. The number of anilines is 1. The first kappa shape index (κ1) is 21.8. The van der Waals surface area contributed by atoms with E-state index in [0.29, 0.717) is 38.4 Å². The lowest BCUT2D eigenvalue weighted by Crippen LogP contribution is -2.81. The number of aryl methyl sites for hydroxylation is 1. The highest BCUT2D eigenvalue weighted by Crippen LogP contribution is 2.41. The number of nitrogens with zero attached hydrogens (tertiary/aromatic N) is 3. The summed E-state index contributed by atoms with van der Waals surface area (Å²) >= 11 is 0. The summed E-state index contributed by atoms with van der Waals surface area (Å²) in [5.74, 6) is 0.711. The number of hydrogen-bond acceptors (Lipinski definition) is 7. The average Bonchev–Trinajstić information content (AvgIpc) is 3.33. The Morgan fingerprint density at radius 3 is 2.52 bits per heavy atom. The van der Waals surface area contributed by atoms with Crippen molar-refractivity contribution in [2.75, 3.05) is 25.0 Å². The molecular weight excluding hydrogens is 424 g/mol. The fourth-order valence-electron chi connectivity index (χ4n) is 5.33. The van der Waals surface area contributed by atoms with Gasteiger partial charge in [-0.05, 0) is 43.2 Å². The number of imide groups is 1. The molecule has 0 aliphatic carbocycles. The van der Waals surface area contributed by atoms with Crippen LogP contribution >= 0.6 is 0 Å². The summed E-state index contributed by atoms with van der Waals surface area (Å²) in [5.41, 5.74) is 0.998. The Balaban J connectivity index is 1.32. The molecule has 9 nitrogen and oxygen atoms in total. The number of amides is 3. The number of β-amino-alcohol motifs (C(OH)–C–C–N with tert-alkyl or cyclic N) is 1. The SMILES string of the molecule is CC(=O)Nc1ccc(CN2CC3(C2)C(=O)N(Cc2ccc(C)o2)C(=O)C2CC(O)CN23)cc1. The summed E-state index contributed by atoms with van der Waals surface area (Å²) in [4.78, 5) is 43.4. The molecule has 2 N–H and O–H groups in total. The van der Waals surface area contributed by atoms with Gasteiger partial charge in [0, 0.05) is 38.8 Å². The van der Waals surface area contributed by atoms with Crippen LogP contribution in [0.2, 0.25) is 0 Å². The molecule has 2 aromatic rings. The highest BCUT2D eigenvalue weighted by molar-refractivity contribution is 6.06. The summed E-state index contributed by atoms with van der Waals surface area (Å²) < 4.78 is 5.62. The van der Waals surface area contributed by atoms with E-state index in [1.807, 2.05) is 42.2 Å². The largest absolute Gasteiger partial charge is 0.464 e. The van der Waals surface area contributed by atoms with Crippen molar-refractivity contribution in [1.29, 1.82) is 0 Å². The van der Waals surface area contributed by atoms with Crippen molar-refractivity contribution in [2.24, 2.45) is 0 Å². The molecule has 1 aromatic carbocycles. The maximum absolute atomic E-state index is 13.6. The molecule has 1 spiro atoms. The van der Waals surface area contributed by atoms with Gasteiger partial charge in [0.05, 0.1) is 18.7 Å². The summed E-state index contributed by atoms with van der Waals surface area (Å²) in [6.45, 7) is 5.37. The van der Waals surface area contributed by atoms with E-state index in [4.69, 9.17) is 4.42 Å². The lowest BCUT2D eigenvalue weighted by molar-refractivity contribution is -0.181. The number of aliphatic hydroxyl groups excluding tert-OH is 1. The predicted octanol–water partition coefficient (Wildman–Crippen LogP) is 1.11. The van der Waals surface area contributed by atoms with Crippen molar-refractivity contribution < 1.29 is 23.9 Å². The monoisotopic (exact) mass is 452 g/mol. The van der Waals surface area contributed by atoms with Gasteiger partial charge in [-0.25, -0.2) is 0 Å².